The Labute approximate surface area is 122 Å². The van der Waals surface area contributed by atoms with Gasteiger partial charge in [0, 0.05) is 19.1 Å². The molecule has 2 aliphatic heterocycles. The minimum Gasteiger partial charge on any atom is -0.373 e. The third-order valence-electron chi connectivity index (χ3n) is 3.91. The quantitative estimate of drug-likeness (QED) is 0.665. The maximum Gasteiger partial charge on any atom is 0.156 e. The minimum atomic E-state index is 0.109. The fraction of sp³-hybridized carbons (Fsp3) is 0.615. The van der Waals surface area contributed by atoms with Crippen molar-refractivity contribution in [1.29, 1.82) is 0 Å². The van der Waals surface area contributed by atoms with Crippen molar-refractivity contribution >= 4 is 23.7 Å². The fourth-order valence-electron chi connectivity index (χ4n) is 2.84. The van der Waals surface area contributed by atoms with Gasteiger partial charge in [0.05, 0.1) is 18.3 Å². The van der Waals surface area contributed by atoms with E-state index in [1.54, 1.807) is 0 Å². The van der Waals surface area contributed by atoms with Gasteiger partial charge < -0.3 is 10.1 Å². The second-order valence-corrected chi connectivity index (χ2v) is 5.53. The lowest BCUT2D eigenvalue weighted by Crippen LogP contribution is -2.48. The van der Waals surface area contributed by atoms with Crippen molar-refractivity contribution in [1.82, 2.24) is 14.9 Å². The number of carbonyl (C=O) groups is 1. The predicted molar refractivity (Wildman–Crippen MR) is 75.3 cm³/mol. The molecule has 0 aliphatic carbocycles. The average Bonchev–Trinajstić information content (AvgIpc) is 2.92. The van der Waals surface area contributed by atoms with Crippen molar-refractivity contribution in [3.05, 3.63) is 17.0 Å². The van der Waals surface area contributed by atoms with E-state index in [0.29, 0.717) is 30.3 Å². The highest BCUT2D eigenvalue weighted by molar-refractivity contribution is 6.32. The third-order valence-corrected chi connectivity index (χ3v) is 4.21. The number of fused-ring (bicyclic) bond motifs is 1. The number of carbonyl (C=O) groups excluding carboxylic acids is 1. The van der Waals surface area contributed by atoms with Gasteiger partial charge in [0.2, 0.25) is 0 Å². The van der Waals surface area contributed by atoms with Crippen LogP contribution in [0, 0.1) is 0 Å². The van der Waals surface area contributed by atoms with Gasteiger partial charge in [-0.15, -0.1) is 0 Å². The Morgan fingerprint density at radius 1 is 1.55 bits per heavy atom. The number of anilines is 1. The van der Waals surface area contributed by atoms with E-state index < -0.39 is 0 Å². The number of aromatic nitrogens is 2. The standard InChI is InChI=1S/C13H17ClN4O2/c14-12-11(6-19)13(17-8-16-12)15-4-10-5-18-3-1-2-9(18)7-20-10/h6,8-10H,1-5,7H2,(H,15,16,17). The monoisotopic (exact) mass is 296 g/mol. The normalized spacial score (nSPS) is 26.2. The zero-order valence-electron chi connectivity index (χ0n) is 11.1. The van der Waals surface area contributed by atoms with Gasteiger partial charge >= 0.3 is 0 Å². The zero-order valence-corrected chi connectivity index (χ0v) is 11.8. The molecular formula is C13H17ClN4O2. The predicted octanol–water partition coefficient (Wildman–Crippen LogP) is 1.22. The van der Waals surface area contributed by atoms with E-state index in [0.717, 1.165) is 19.7 Å². The van der Waals surface area contributed by atoms with Crippen molar-refractivity contribution in [2.45, 2.75) is 25.0 Å². The van der Waals surface area contributed by atoms with E-state index in [1.165, 1.54) is 19.2 Å². The summed E-state index contributed by atoms with van der Waals surface area (Å²) in [7, 11) is 0. The molecule has 2 aliphatic rings. The van der Waals surface area contributed by atoms with E-state index in [1.807, 2.05) is 0 Å². The first-order valence-corrected chi connectivity index (χ1v) is 7.21. The number of ether oxygens (including phenoxy) is 1. The molecule has 1 N–H and O–H groups in total. The van der Waals surface area contributed by atoms with Crippen molar-refractivity contribution in [2.75, 3.05) is 31.6 Å². The topological polar surface area (TPSA) is 67.4 Å². The summed E-state index contributed by atoms with van der Waals surface area (Å²) in [4.78, 5) is 21.3. The van der Waals surface area contributed by atoms with Crippen LogP contribution in [-0.4, -0.2) is 59.5 Å². The maximum atomic E-state index is 11.0. The first kappa shape index (κ1) is 13.7. The molecule has 108 valence electrons. The lowest BCUT2D eigenvalue weighted by molar-refractivity contribution is -0.0416. The SMILES string of the molecule is O=Cc1c(Cl)ncnc1NCC1CN2CCCC2CO1. The molecule has 2 fully saturated rings. The number of nitrogens with zero attached hydrogens (tertiary/aromatic N) is 3. The summed E-state index contributed by atoms with van der Waals surface area (Å²) in [5.41, 5.74) is 0.295. The highest BCUT2D eigenvalue weighted by atomic mass is 35.5. The molecule has 0 spiro atoms. The highest BCUT2D eigenvalue weighted by Gasteiger charge is 2.32. The zero-order chi connectivity index (χ0) is 13.9. The summed E-state index contributed by atoms with van der Waals surface area (Å²) in [6, 6.07) is 0.588. The summed E-state index contributed by atoms with van der Waals surface area (Å²) in [5, 5.41) is 3.30. The molecule has 3 rings (SSSR count). The van der Waals surface area contributed by atoms with Gasteiger partial charge in [-0.1, -0.05) is 11.6 Å². The van der Waals surface area contributed by atoms with Crippen LogP contribution in [0.5, 0.6) is 0 Å². The Morgan fingerprint density at radius 3 is 3.30 bits per heavy atom. The maximum absolute atomic E-state index is 11.0. The van der Waals surface area contributed by atoms with Gasteiger partial charge in [-0.05, 0) is 19.4 Å². The van der Waals surface area contributed by atoms with Crippen molar-refractivity contribution in [3.8, 4) is 0 Å². The third kappa shape index (κ3) is 2.77. The fourth-order valence-corrected chi connectivity index (χ4v) is 3.02. The molecule has 0 amide bonds. The lowest BCUT2D eigenvalue weighted by atomic mass is 10.2. The van der Waals surface area contributed by atoms with E-state index in [9.17, 15) is 4.79 Å². The smallest absolute Gasteiger partial charge is 0.156 e. The first-order valence-electron chi connectivity index (χ1n) is 6.83. The van der Waals surface area contributed by atoms with Crippen LogP contribution in [0.4, 0.5) is 5.82 Å². The van der Waals surface area contributed by atoms with E-state index in [4.69, 9.17) is 16.3 Å². The molecule has 1 aromatic rings. The van der Waals surface area contributed by atoms with E-state index in [-0.39, 0.29) is 11.3 Å². The van der Waals surface area contributed by atoms with Gasteiger partial charge in [0.1, 0.15) is 17.3 Å². The highest BCUT2D eigenvalue weighted by Crippen LogP contribution is 2.23. The van der Waals surface area contributed by atoms with Gasteiger partial charge in [-0.3, -0.25) is 9.69 Å². The van der Waals surface area contributed by atoms with Crippen LogP contribution in [0.2, 0.25) is 5.15 Å². The molecule has 2 unspecified atom stereocenters. The van der Waals surface area contributed by atoms with Crippen LogP contribution in [0.3, 0.4) is 0 Å². The second-order valence-electron chi connectivity index (χ2n) is 5.17. The number of halogens is 1. The number of hydrogen-bond acceptors (Lipinski definition) is 6. The summed E-state index contributed by atoms with van der Waals surface area (Å²) >= 11 is 5.86. The molecule has 3 heterocycles. The molecule has 2 atom stereocenters. The van der Waals surface area contributed by atoms with Gasteiger partial charge in [-0.2, -0.15) is 0 Å². The molecular weight excluding hydrogens is 280 g/mol. The van der Waals surface area contributed by atoms with Crippen LogP contribution in [0.1, 0.15) is 23.2 Å². The van der Waals surface area contributed by atoms with Crippen molar-refractivity contribution in [3.63, 3.8) is 0 Å². The molecule has 6 nitrogen and oxygen atoms in total. The molecule has 7 heteroatoms. The molecule has 20 heavy (non-hydrogen) atoms. The number of nitrogens with one attached hydrogen (secondary N) is 1. The average molecular weight is 297 g/mol. The summed E-state index contributed by atoms with van der Waals surface area (Å²) < 4.78 is 5.85. The van der Waals surface area contributed by atoms with Crippen LogP contribution in [0.25, 0.3) is 0 Å². The van der Waals surface area contributed by atoms with Crippen molar-refractivity contribution in [2.24, 2.45) is 0 Å². The number of rotatable bonds is 4. The number of aldehydes is 1. The Balaban J connectivity index is 1.60. The van der Waals surface area contributed by atoms with Crippen molar-refractivity contribution < 1.29 is 9.53 Å². The number of morpholine rings is 1. The largest absolute Gasteiger partial charge is 0.373 e. The van der Waals surface area contributed by atoms with Crippen LogP contribution in [-0.2, 0) is 4.74 Å². The summed E-state index contributed by atoms with van der Waals surface area (Å²) in [5.74, 6) is 0.465. The lowest BCUT2D eigenvalue weighted by Gasteiger charge is -2.35. The molecule has 0 bridgehead atoms. The Bertz CT molecular complexity index is 499. The Hall–Kier alpha value is -1.24. The van der Waals surface area contributed by atoms with Gasteiger partial charge in [-0.25, -0.2) is 9.97 Å². The molecule has 0 saturated carbocycles. The van der Waals surface area contributed by atoms with E-state index >= 15 is 0 Å². The Kier molecular flexibility index (Phi) is 4.14. The van der Waals surface area contributed by atoms with Gasteiger partial charge in [0.25, 0.3) is 0 Å². The van der Waals surface area contributed by atoms with Crippen LogP contribution in [0.15, 0.2) is 6.33 Å². The van der Waals surface area contributed by atoms with Gasteiger partial charge in [0.15, 0.2) is 6.29 Å². The number of hydrogen-bond donors (Lipinski definition) is 1. The first-order chi connectivity index (χ1) is 9.78. The minimum absolute atomic E-state index is 0.109. The summed E-state index contributed by atoms with van der Waals surface area (Å²) in [6.07, 6.45) is 4.61. The summed E-state index contributed by atoms with van der Waals surface area (Å²) in [6.45, 7) is 3.48. The molecule has 0 aromatic carbocycles. The molecule has 0 radical (unpaired) electrons. The second kappa shape index (κ2) is 6.03. The van der Waals surface area contributed by atoms with Crippen LogP contribution >= 0.6 is 11.6 Å². The van der Waals surface area contributed by atoms with E-state index in [2.05, 4.69) is 20.2 Å². The molecule has 1 aromatic heterocycles. The molecule has 2 saturated heterocycles. The Morgan fingerprint density at radius 2 is 2.45 bits per heavy atom. The van der Waals surface area contributed by atoms with Crippen LogP contribution < -0.4 is 5.32 Å².